The highest BCUT2D eigenvalue weighted by Gasteiger charge is 2.07. The molecule has 3 heteroatoms. The van der Waals surface area contributed by atoms with E-state index in [0.717, 1.165) is 17.8 Å². The Hall–Kier alpha value is -2.34. The van der Waals surface area contributed by atoms with E-state index < -0.39 is 0 Å². The third-order valence-corrected chi connectivity index (χ3v) is 2.88. The number of hydrogen-bond acceptors (Lipinski definition) is 3. The first kappa shape index (κ1) is 13.1. The Labute approximate surface area is 113 Å². The van der Waals surface area contributed by atoms with Gasteiger partial charge in [-0.2, -0.15) is 5.26 Å². The van der Waals surface area contributed by atoms with E-state index in [2.05, 4.69) is 48.4 Å². The smallest absolute Gasteiger partial charge is 0.144 e. The van der Waals surface area contributed by atoms with Gasteiger partial charge in [0.2, 0.25) is 0 Å². The maximum atomic E-state index is 9.06. The lowest BCUT2D eigenvalue weighted by molar-refractivity contribution is 1.15. The Morgan fingerprint density at radius 3 is 2.42 bits per heavy atom. The van der Waals surface area contributed by atoms with Crippen molar-refractivity contribution < 1.29 is 0 Å². The molecular weight excluding hydrogens is 234 g/mol. The summed E-state index contributed by atoms with van der Waals surface area (Å²) in [6, 6.07) is 12.2. The molecule has 19 heavy (non-hydrogen) atoms. The molecule has 0 amide bonds. The van der Waals surface area contributed by atoms with Gasteiger partial charge in [0.15, 0.2) is 0 Å². The summed E-state index contributed by atoms with van der Waals surface area (Å²) in [5, 5.41) is 12.2. The summed E-state index contributed by atoms with van der Waals surface area (Å²) in [6.45, 7) is 6.89. The van der Waals surface area contributed by atoms with Crippen LogP contribution in [0.1, 0.15) is 23.6 Å². The molecule has 0 radical (unpaired) electrons. The van der Waals surface area contributed by atoms with Crippen LogP contribution in [0.15, 0.2) is 30.3 Å². The molecule has 0 fully saturated rings. The van der Waals surface area contributed by atoms with E-state index in [4.69, 9.17) is 5.26 Å². The van der Waals surface area contributed by atoms with Crippen LogP contribution in [0.25, 0.3) is 11.3 Å². The SMILES string of the molecule is CCNc1nc(-c2cc(C)cc(C)c2)ccc1C#N. The number of nitrogens with one attached hydrogen (secondary N) is 1. The van der Waals surface area contributed by atoms with Crippen molar-refractivity contribution in [1.29, 1.82) is 5.26 Å². The number of nitrogens with zero attached hydrogens (tertiary/aromatic N) is 2. The number of aromatic nitrogens is 1. The van der Waals surface area contributed by atoms with Crippen LogP contribution in [-0.4, -0.2) is 11.5 Å². The van der Waals surface area contributed by atoms with E-state index in [9.17, 15) is 0 Å². The van der Waals surface area contributed by atoms with Gasteiger partial charge in [-0.25, -0.2) is 4.98 Å². The molecule has 0 unspecified atom stereocenters. The average Bonchev–Trinajstić information content (AvgIpc) is 2.38. The third-order valence-electron chi connectivity index (χ3n) is 2.88. The number of anilines is 1. The van der Waals surface area contributed by atoms with Crippen molar-refractivity contribution in [2.24, 2.45) is 0 Å². The van der Waals surface area contributed by atoms with Crippen molar-refractivity contribution in [3.05, 3.63) is 47.0 Å². The zero-order valence-electron chi connectivity index (χ0n) is 11.5. The Kier molecular flexibility index (Phi) is 3.82. The monoisotopic (exact) mass is 251 g/mol. The van der Waals surface area contributed by atoms with Gasteiger partial charge in [0.05, 0.1) is 11.3 Å². The van der Waals surface area contributed by atoms with Crippen LogP contribution in [0.4, 0.5) is 5.82 Å². The minimum atomic E-state index is 0.579. The van der Waals surface area contributed by atoms with Crippen molar-refractivity contribution in [3.8, 4) is 17.3 Å². The predicted molar refractivity (Wildman–Crippen MR) is 78.0 cm³/mol. The molecule has 3 nitrogen and oxygen atoms in total. The summed E-state index contributed by atoms with van der Waals surface area (Å²) >= 11 is 0. The van der Waals surface area contributed by atoms with Crippen LogP contribution in [0.3, 0.4) is 0 Å². The highest BCUT2D eigenvalue weighted by molar-refractivity contribution is 5.66. The van der Waals surface area contributed by atoms with E-state index in [0.29, 0.717) is 11.4 Å². The van der Waals surface area contributed by atoms with Gasteiger partial charge in [0.25, 0.3) is 0 Å². The minimum absolute atomic E-state index is 0.579. The second-order valence-electron chi connectivity index (χ2n) is 4.61. The van der Waals surface area contributed by atoms with Gasteiger partial charge in [0, 0.05) is 12.1 Å². The summed E-state index contributed by atoms with van der Waals surface area (Å²) in [5.41, 5.74) is 4.98. The Bertz CT molecular complexity index is 619. The second-order valence-corrected chi connectivity index (χ2v) is 4.61. The van der Waals surface area contributed by atoms with E-state index in [1.54, 1.807) is 0 Å². The first-order chi connectivity index (χ1) is 9.13. The van der Waals surface area contributed by atoms with Crippen LogP contribution in [0, 0.1) is 25.2 Å². The molecule has 0 saturated heterocycles. The maximum Gasteiger partial charge on any atom is 0.144 e. The van der Waals surface area contributed by atoms with E-state index in [1.807, 2.05) is 19.1 Å². The summed E-state index contributed by atoms with van der Waals surface area (Å²) in [4.78, 5) is 4.55. The van der Waals surface area contributed by atoms with E-state index in [-0.39, 0.29) is 0 Å². The molecular formula is C16H17N3. The van der Waals surface area contributed by atoms with Crippen LogP contribution < -0.4 is 5.32 Å². The molecule has 0 atom stereocenters. The lowest BCUT2D eigenvalue weighted by Crippen LogP contribution is -2.02. The molecule has 2 rings (SSSR count). The summed E-state index contributed by atoms with van der Waals surface area (Å²) < 4.78 is 0. The predicted octanol–water partition coefficient (Wildman–Crippen LogP) is 3.67. The molecule has 1 heterocycles. The summed E-state index contributed by atoms with van der Waals surface area (Å²) in [6.07, 6.45) is 0. The number of hydrogen-bond donors (Lipinski definition) is 1. The van der Waals surface area contributed by atoms with Crippen LogP contribution in [-0.2, 0) is 0 Å². The largest absolute Gasteiger partial charge is 0.369 e. The molecule has 1 aromatic heterocycles. The number of nitriles is 1. The first-order valence-electron chi connectivity index (χ1n) is 6.37. The Morgan fingerprint density at radius 1 is 1.16 bits per heavy atom. The maximum absolute atomic E-state index is 9.06. The van der Waals surface area contributed by atoms with Crippen LogP contribution in [0.5, 0.6) is 0 Å². The van der Waals surface area contributed by atoms with Crippen molar-refractivity contribution in [2.75, 3.05) is 11.9 Å². The van der Waals surface area contributed by atoms with Gasteiger partial charge in [-0.05, 0) is 45.0 Å². The fourth-order valence-corrected chi connectivity index (χ4v) is 2.13. The highest BCUT2D eigenvalue weighted by Crippen LogP contribution is 2.23. The van der Waals surface area contributed by atoms with Crippen molar-refractivity contribution in [3.63, 3.8) is 0 Å². The molecule has 96 valence electrons. The van der Waals surface area contributed by atoms with Crippen molar-refractivity contribution >= 4 is 5.82 Å². The number of benzene rings is 1. The quantitative estimate of drug-likeness (QED) is 0.905. The number of rotatable bonds is 3. The van der Waals surface area contributed by atoms with Crippen molar-refractivity contribution in [2.45, 2.75) is 20.8 Å². The standard InChI is InChI=1S/C16H17N3/c1-4-18-16-13(10-17)5-6-15(19-16)14-8-11(2)7-12(3)9-14/h5-9H,4H2,1-3H3,(H,18,19). The molecule has 0 aliphatic carbocycles. The molecule has 0 spiro atoms. The zero-order chi connectivity index (χ0) is 13.8. The third kappa shape index (κ3) is 2.92. The summed E-state index contributed by atoms with van der Waals surface area (Å²) in [7, 11) is 0. The van der Waals surface area contributed by atoms with Crippen LogP contribution >= 0.6 is 0 Å². The fraction of sp³-hybridized carbons (Fsp3) is 0.250. The molecule has 0 saturated carbocycles. The van der Waals surface area contributed by atoms with Gasteiger partial charge in [0.1, 0.15) is 11.9 Å². The first-order valence-corrected chi connectivity index (χ1v) is 6.37. The van der Waals surface area contributed by atoms with E-state index in [1.165, 1.54) is 11.1 Å². The zero-order valence-corrected chi connectivity index (χ0v) is 11.5. The Balaban J connectivity index is 2.51. The highest BCUT2D eigenvalue weighted by atomic mass is 15.0. The number of aryl methyl sites for hydroxylation is 2. The average molecular weight is 251 g/mol. The Morgan fingerprint density at radius 2 is 1.84 bits per heavy atom. The van der Waals surface area contributed by atoms with Gasteiger partial charge in [-0.3, -0.25) is 0 Å². The lowest BCUT2D eigenvalue weighted by Gasteiger charge is -2.09. The van der Waals surface area contributed by atoms with Crippen molar-refractivity contribution in [1.82, 2.24) is 4.98 Å². The lowest BCUT2D eigenvalue weighted by atomic mass is 10.0. The fourth-order valence-electron chi connectivity index (χ4n) is 2.13. The molecule has 0 bridgehead atoms. The topological polar surface area (TPSA) is 48.7 Å². The van der Waals surface area contributed by atoms with Gasteiger partial charge >= 0.3 is 0 Å². The molecule has 1 aromatic carbocycles. The normalized spacial score (nSPS) is 10.0. The molecule has 1 N–H and O–H groups in total. The van der Waals surface area contributed by atoms with E-state index >= 15 is 0 Å². The molecule has 2 aromatic rings. The van der Waals surface area contributed by atoms with Gasteiger partial charge < -0.3 is 5.32 Å². The molecule has 0 aliphatic heterocycles. The molecule has 0 aliphatic rings. The minimum Gasteiger partial charge on any atom is -0.369 e. The number of pyridine rings is 1. The van der Waals surface area contributed by atoms with Gasteiger partial charge in [-0.1, -0.05) is 17.2 Å². The van der Waals surface area contributed by atoms with Crippen LogP contribution in [0.2, 0.25) is 0 Å². The summed E-state index contributed by atoms with van der Waals surface area (Å²) in [5.74, 6) is 0.654. The van der Waals surface area contributed by atoms with Gasteiger partial charge in [-0.15, -0.1) is 0 Å². The second kappa shape index (κ2) is 5.53.